The van der Waals surface area contributed by atoms with Gasteiger partial charge in [-0.05, 0) is 42.5 Å². The van der Waals surface area contributed by atoms with Crippen molar-refractivity contribution in [3.8, 4) is 11.1 Å². The summed E-state index contributed by atoms with van der Waals surface area (Å²) in [6.45, 7) is -0.331. The standard InChI is InChI=1S/C23H16ClF3N2O3S/c1-33(31,32)28-23(30)22-21(16-4-2-3-5-19(16)27)17-11-14(24)6-9-20(17)29(22)12-13-10-15(25)7-8-18(13)26/h2-11H,12H2,1H3,(H,28,30). The summed E-state index contributed by atoms with van der Waals surface area (Å²) in [5, 5.41) is 0.618. The lowest BCUT2D eigenvalue weighted by Crippen LogP contribution is -2.31. The Hall–Kier alpha value is -3.30. The van der Waals surface area contributed by atoms with E-state index in [1.54, 1.807) is 6.07 Å². The van der Waals surface area contributed by atoms with Crippen molar-refractivity contribution in [2.24, 2.45) is 0 Å². The molecule has 0 saturated carbocycles. The molecule has 0 radical (unpaired) electrons. The van der Waals surface area contributed by atoms with Crippen molar-refractivity contribution < 1.29 is 26.4 Å². The third kappa shape index (κ3) is 4.60. The molecule has 3 aromatic carbocycles. The molecule has 1 aromatic heterocycles. The topological polar surface area (TPSA) is 68.2 Å². The van der Waals surface area contributed by atoms with Gasteiger partial charge < -0.3 is 4.57 Å². The van der Waals surface area contributed by atoms with Crippen LogP contribution in [-0.2, 0) is 16.6 Å². The zero-order valence-corrected chi connectivity index (χ0v) is 18.6. The Labute approximate surface area is 192 Å². The van der Waals surface area contributed by atoms with Gasteiger partial charge in [-0.1, -0.05) is 29.8 Å². The molecular weight excluding hydrogens is 477 g/mol. The number of fused-ring (bicyclic) bond motifs is 1. The second-order valence-corrected chi connectivity index (χ2v) is 9.58. The van der Waals surface area contributed by atoms with Gasteiger partial charge in [0.1, 0.15) is 23.1 Å². The van der Waals surface area contributed by atoms with Crippen LogP contribution in [0, 0.1) is 17.5 Å². The lowest BCUT2D eigenvalue weighted by atomic mass is 10.0. The molecule has 0 aliphatic heterocycles. The normalized spacial score (nSPS) is 11.7. The number of hydrogen-bond acceptors (Lipinski definition) is 3. The van der Waals surface area contributed by atoms with Crippen molar-refractivity contribution in [3.05, 3.63) is 94.4 Å². The van der Waals surface area contributed by atoms with E-state index in [1.165, 1.54) is 41.0 Å². The maximum Gasteiger partial charge on any atom is 0.282 e. The summed E-state index contributed by atoms with van der Waals surface area (Å²) in [6, 6.07) is 13.0. The molecule has 1 amide bonds. The van der Waals surface area contributed by atoms with Crippen LogP contribution in [0.4, 0.5) is 13.2 Å². The van der Waals surface area contributed by atoms with Gasteiger partial charge in [-0.15, -0.1) is 0 Å². The number of aromatic nitrogens is 1. The molecule has 5 nitrogen and oxygen atoms in total. The first-order valence-corrected chi connectivity index (χ1v) is 11.8. The molecule has 170 valence electrons. The van der Waals surface area contributed by atoms with E-state index in [-0.39, 0.29) is 34.0 Å². The summed E-state index contributed by atoms with van der Waals surface area (Å²) in [7, 11) is -4.00. The highest BCUT2D eigenvalue weighted by Gasteiger charge is 2.27. The minimum atomic E-state index is -4.00. The molecule has 4 rings (SSSR count). The number of nitrogens with one attached hydrogen (secondary N) is 1. The number of benzene rings is 3. The average molecular weight is 493 g/mol. The highest BCUT2D eigenvalue weighted by Crippen LogP contribution is 2.38. The fraction of sp³-hybridized carbons (Fsp3) is 0.0870. The molecule has 0 atom stereocenters. The van der Waals surface area contributed by atoms with Gasteiger partial charge in [0.15, 0.2) is 0 Å². The predicted octanol–water partition coefficient (Wildman–Crippen LogP) is 5.12. The summed E-state index contributed by atoms with van der Waals surface area (Å²) in [5.74, 6) is -3.14. The van der Waals surface area contributed by atoms with Gasteiger partial charge in [-0.2, -0.15) is 0 Å². The van der Waals surface area contributed by atoms with Gasteiger partial charge in [0.05, 0.1) is 12.8 Å². The smallest absolute Gasteiger partial charge is 0.282 e. The van der Waals surface area contributed by atoms with E-state index in [9.17, 15) is 26.4 Å². The van der Waals surface area contributed by atoms with E-state index in [0.717, 1.165) is 24.5 Å². The Morgan fingerprint density at radius 1 is 1.00 bits per heavy atom. The summed E-state index contributed by atoms with van der Waals surface area (Å²) < 4.78 is 70.0. The number of carbonyl (C=O) groups excluding carboxylic acids is 1. The highest BCUT2D eigenvalue weighted by molar-refractivity contribution is 7.89. The minimum Gasteiger partial charge on any atom is -0.331 e. The summed E-state index contributed by atoms with van der Waals surface area (Å²) in [5.41, 5.74) is 0.104. The van der Waals surface area contributed by atoms with E-state index in [4.69, 9.17) is 11.6 Å². The summed E-state index contributed by atoms with van der Waals surface area (Å²) >= 11 is 6.16. The number of sulfonamides is 1. The molecule has 1 N–H and O–H groups in total. The quantitative estimate of drug-likeness (QED) is 0.420. The van der Waals surface area contributed by atoms with Gasteiger partial charge in [-0.3, -0.25) is 4.79 Å². The minimum absolute atomic E-state index is 0.0156. The molecule has 0 unspecified atom stereocenters. The molecule has 0 spiro atoms. The Kier molecular flexibility index (Phi) is 5.94. The van der Waals surface area contributed by atoms with Crippen molar-refractivity contribution in [2.75, 3.05) is 6.26 Å². The Balaban J connectivity index is 2.09. The van der Waals surface area contributed by atoms with Gasteiger partial charge in [-0.25, -0.2) is 26.3 Å². The van der Waals surface area contributed by atoms with E-state index in [2.05, 4.69) is 0 Å². The first kappa shape index (κ1) is 22.9. The fourth-order valence-electron chi connectivity index (χ4n) is 3.72. The zero-order chi connectivity index (χ0) is 23.9. The van der Waals surface area contributed by atoms with Crippen molar-refractivity contribution in [2.45, 2.75) is 6.54 Å². The van der Waals surface area contributed by atoms with Crippen molar-refractivity contribution >= 4 is 38.4 Å². The van der Waals surface area contributed by atoms with Crippen LogP contribution in [0.5, 0.6) is 0 Å². The molecule has 0 aliphatic carbocycles. The van der Waals surface area contributed by atoms with Crippen LogP contribution in [0.3, 0.4) is 0 Å². The van der Waals surface area contributed by atoms with Crippen LogP contribution in [0.25, 0.3) is 22.0 Å². The molecule has 10 heteroatoms. The van der Waals surface area contributed by atoms with Crippen molar-refractivity contribution in [1.82, 2.24) is 9.29 Å². The van der Waals surface area contributed by atoms with Crippen molar-refractivity contribution in [3.63, 3.8) is 0 Å². The van der Waals surface area contributed by atoms with Crippen LogP contribution >= 0.6 is 11.6 Å². The second-order valence-electron chi connectivity index (χ2n) is 7.39. The molecule has 0 aliphatic rings. The first-order valence-electron chi connectivity index (χ1n) is 9.58. The zero-order valence-electron chi connectivity index (χ0n) is 17.1. The third-order valence-electron chi connectivity index (χ3n) is 5.00. The van der Waals surface area contributed by atoms with E-state index >= 15 is 0 Å². The highest BCUT2D eigenvalue weighted by atomic mass is 35.5. The van der Waals surface area contributed by atoms with Crippen LogP contribution < -0.4 is 4.72 Å². The van der Waals surface area contributed by atoms with Crippen LogP contribution in [0.2, 0.25) is 5.02 Å². The van der Waals surface area contributed by atoms with Gasteiger partial charge in [0.25, 0.3) is 5.91 Å². The number of amides is 1. The fourth-order valence-corrected chi connectivity index (χ4v) is 4.32. The van der Waals surface area contributed by atoms with Crippen molar-refractivity contribution in [1.29, 1.82) is 0 Å². The average Bonchev–Trinajstić information content (AvgIpc) is 3.03. The summed E-state index contributed by atoms with van der Waals surface area (Å²) in [4.78, 5) is 13.1. The van der Waals surface area contributed by atoms with Crippen LogP contribution in [0.1, 0.15) is 16.1 Å². The van der Waals surface area contributed by atoms with E-state index in [0.29, 0.717) is 10.9 Å². The second kappa shape index (κ2) is 8.57. The molecule has 0 fully saturated rings. The predicted molar refractivity (Wildman–Crippen MR) is 120 cm³/mol. The Morgan fingerprint density at radius 2 is 1.73 bits per heavy atom. The maximum absolute atomic E-state index is 14.8. The Bertz CT molecular complexity index is 1520. The lowest BCUT2D eigenvalue weighted by molar-refractivity contribution is 0.0974. The molecule has 4 aromatic rings. The number of hydrogen-bond donors (Lipinski definition) is 1. The number of rotatable bonds is 5. The van der Waals surface area contributed by atoms with Gasteiger partial charge in [0.2, 0.25) is 10.0 Å². The maximum atomic E-state index is 14.8. The number of nitrogens with zero attached hydrogens (tertiary/aromatic N) is 1. The van der Waals surface area contributed by atoms with E-state index < -0.39 is 33.4 Å². The molecular formula is C23H16ClF3N2O3S. The molecule has 0 bridgehead atoms. The number of halogens is 4. The third-order valence-corrected chi connectivity index (χ3v) is 5.79. The van der Waals surface area contributed by atoms with E-state index in [1.807, 2.05) is 4.72 Å². The first-order chi connectivity index (χ1) is 15.5. The SMILES string of the molecule is CS(=O)(=O)NC(=O)c1c(-c2ccccc2F)c2cc(Cl)ccc2n1Cc1cc(F)ccc1F. The number of carbonyl (C=O) groups is 1. The lowest BCUT2D eigenvalue weighted by Gasteiger charge is -2.13. The summed E-state index contributed by atoms with van der Waals surface area (Å²) in [6.07, 6.45) is 0.795. The van der Waals surface area contributed by atoms with Crippen LogP contribution in [-0.4, -0.2) is 25.1 Å². The largest absolute Gasteiger partial charge is 0.331 e. The molecule has 1 heterocycles. The Morgan fingerprint density at radius 3 is 2.42 bits per heavy atom. The monoisotopic (exact) mass is 492 g/mol. The molecule has 33 heavy (non-hydrogen) atoms. The molecule has 0 saturated heterocycles. The van der Waals surface area contributed by atoms with Crippen LogP contribution in [0.15, 0.2) is 60.7 Å². The van der Waals surface area contributed by atoms with Gasteiger partial charge in [0, 0.05) is 32.6 Å². The van der Waals surface area contributed by atoms with Gasteiger partial charge >= 0.3 is 0 Å².